The van der Waals surface area contributed by atoms with Gasteiger partial charge in [0.2, 0.25) is 0 Å². The Bertz CT molecular complexity index is 422. The van der Waals surface area contributed by atoms with E-state index in [4.69, 9.17) is 4.42 Å². The molecule has 2 heterocycles. The molecule has 78 valence electrons. The van der Waals surface area contributed by atoms with Crippen molar-refractivity contribution in [2.45, 2.75) is 19.4 Å². The van der Waals surface area contributed by atoms with Crippen LogP contribution in [0.5, 0.6) is 0 Å². The van der Waals surface area contributed by atoms with Gasteiger partial charge in [-0.25, -0.2) is 0 Å². The van der Waals surface area contributed by atoms with Crippen molar-refractivity contribution < 1.29 is 9.52 Å². The quantitative estimate of drug-likeness (QED) is 0.832. The number of furan rings is 1. The molecule has 0 saturated carbocycles. The van der Waals surface area contributed by atoms with Crippen LogP contribution in [0.1, 0.15) is 23.0 Å². The van der Waals surface area contributed by atoms with Crippen LogP contribution in [-0.2, 0) is 6.42 Å². The number of rotatable bonds is 3. The van der Waals surface area contributed by atoms with E-state index in [1.54, 1.807) is 18.7 Å². The standard InChI is InChI=1S/C12H13NO2/c1-9-6-11(8-15-9)12(14)7-10-2-4-13-5-3-10/h2-6,8,12,14H,7H2,1H3. The zero-order valence-corrected chi connectivity index (χ0v) is 8.55. The molecule has 0 saturated heterocycles. The van der Waals surface area contributed by atoms with Gasteiger partial charge in [0, 0.05) is 24.4 Å². The number of aromatic nitrogens is 1. The highest BCUT2D eigenvalue weighted by Crippen LogP contribution is 2.19. The first-order valence-electron chi connectivity index (χ1n) is 4.87. The summed E-state index contributed by atoms with van der Waals surface area (Å²) in [4.78, 5) is 3.93. The lowest BCUT2D eigenvalue weighted by Crippen LogP contribution is -2.00. The summed E-state index contributed by atoms with van der Waals surface area (Å²) >= 11 is 0. The monoisotopic (exact) mass is 203 g/mol. The van der Waals surface area contributed by atoms with Crippen molar-refractivity contribution in [3.8, 4) is 0 Å². The molecular weight excluding hydrogens is 190 g/mol. The molecule has 3 heteroatoms. The summed E-state index contributed by atoms with van der Waals surface area (Å²) in [6.45, 7) is 1.86. The number of aryl methyl sites for hydroxylation is 1. The van der Waals surface area contributed by atoms with Crippen LogP contribution in [0.3, 0.4) is 0 Å². The predicted octanol–water partition coefficient (Wildman–Crippen LogP) is 2.26. The van der Waals surface area contributed by atoms with Crippen LogP contribution in [0.15, 0.2) is 41.3 Å². The van der Waals surface area contributed by atoms with Crippen molar-refractivity contribution in [2.24, 2.45) is 0 Å². The Labute approximate surface area is 88.4 Å². The number of hydrogen-bond acceptors (Lipinski definition) is 3. The number of nitrogens with zero attached hydrogens (tertiary/aromatic N) is 1. The van der Waals surface area contributed by atoms with Gasteiger partial charge in [-0.3, -0.25) is 4.98 Å². The first kappa shape index (κ1) is 9.93. The third kappa shape index (κ3) is 2.44. The van der Waals surface area contributed by atoms with Gasteiger partial charge < -0.3 is 9.52 Å². The van der Waals surface area contributed by atoms with Gasteiger partial charge in [0.05, 0.1) is 12.4 Å². The molecule has 0 radical (unpaired) electrons. The second kappa shape index (κ2) is 4.28. The molecule has 1 N–H and O–H groups in total. The number of hydrogen-bond donors (Lipinski definition) is 1. The molecule has 0 amide bonds. The zero-order chi connectivity index (χ0) is 10.7. The van der Waals surface area contributed by atoms with E-state index in [0.717, 1.165) is 16.9 Å². The first-order chi connectivity index (χ1) is 7.25. The van der Waals surface area contributed by atoms with Crippen molar-refractivity contribution in [2.75, 3.05) is 0 Å². The van der Waals surface area contributed by atoms with Crippen LogP contribution in [0.4, 0.5) is 0 Å². The highest BCUT2D eigenvalue weighted by Gasteiger charge is 2.10. The Balaban J connectivity index is 2.07. The maximum Gasteiger partial charge on any atom is 0.101 e. The molecular formula is C12H13NO2. The van der Waals surface area contributed by atoms with Crippen molar-refractivity contribution in [1.82, 2.24) is 4.98 Å². The van der Waals surface area contributed by atoms with Gasteiger partial charge in [-0.05, 0) is 30.7 Å². The molecule has 0 fully saturated rings. The molecule has 0 aromatic carbocycles. The van der Waals surface area contributed by atoms with Gasteiger partial charge >= 0.3 is 0 Å². The van der Waals surface area contributed by atoms with E-state index in [0.29, 0.717) is 6.42 Å². The molecule has 0 aliphatic rings. The van der Waals surface area contributed by atoms with Crippen LogP contribution in [0, 0.1) is 6.92 Å². The summed E-state index contributed by atoms with van der Waals surface area (Å²) in [5.74, 6) is 0.818. The minimum absolute atomic E-state index is 0.509. The molecule has 3 nitrogen and oxygen atoms in total. The molecule has 1 unspecified atom stereocenters. The number of pyridine rings is 1. The first-order valence-corrected chi connectivity index (χ1v) is 4.87. The molecule has 0 spiro atoms. The van der Waals surface area contributed by atoms with E-state index in [1.165, 1.54) is 0 Å². The molecule has 0 aliphatic carbocycles. The summed E-state index contributed by atoms with van der Waals surface area (Å²) in [7, 11) is 0. The Morgan fingerprint density at radius 1 is 1.40 bits per heavy atom. The van der Waals surface area contributed by atoms with E-state index in [9.17, 15) is 5.11 Å². The Hall–Kier alpha value is -1.61. The van der Waals surface area contributed by atoms with Gasteiger partial charge in [-0.15, -0.1) is 0 Å². The second-order valence-corrected chi connectivity index (χ2v) is 3.57. The molecule has 2 rings (SSSR count). The molecule has 15 heavy (non-hydrogen) atoms. The van der Waals surface area contributed by atoms with E-state index in [-0.39, 0.29) is 0 Å². The summed E-state index contributed by atoms with van der Waals surface area (Å²) < 4.78 is 5.15. The fraction of sp³-hybridized carbons (Fsp3) is 0.250. The van der Waals surface area contributed by atoms with Gasteiger partial charge in [0.1, 0.15) is 5.76 Å². The van der Waals surface area contributed by atoms with E-state index < -0.39 is 6.10 Å². The summed E-state index contributed by atoms with van der Waals surface area (Å²) in [5, 5.41) is 9.91. The van der Waals surface area contributed by atoms with Crippen LogP contribution in [0.25, 0.3) is 0 Å². The van der Waals surface area contributed by atoms with Gasteiger partial charge in [-0.1, -0.05) is 0 Å². The van der Waals surface area contributed by atoms with Crippen molar-refractivity contribution in [3.63, 3.8) is 0 Å². The van der Waals surface area contributed by atoms with Crippen LogP contribution in [0.2, 0.25) is 0 Å². The summed E-state index contributed by atoms with van der Waals surface area (Å²) in [6.07, 6.45) is 5.12. The van der Waals surface area contributed by atoms with Gasteiger partial charge in [-0.2, -0.15) is 0 Å². The topological polar surface area (TPSA) is 46.3 Å². The lowest BCUT2D eigenvalue weighted by Gasteiger charge is -2.07. The van der Waals surface area contributed by atoms with Gasteiger partial charge in [0.25, 0.3) is 0 Å². The average molecular weight is 203 g/mol. The zero-order valence-electron chi connectivity index (χ0n) is 8.55. The Morgan fingerprint density at radius 2 is 2.13 bits per heavy atom. The third-order valence-corrected chi connectivity index (χ3v) is 2.31. The maximum absolute atomic E-state index is 9.91. The minimum Gasteiger partial charge on any atom is -0.469 e. The lowest BCUT2D eigenvalue weighted by atomic mass is 10.0. The highest BCUT2D eigenvalue weighted by molar-refractivity contribution is 5.19. The molecule has 0 bridgehead atoms. The van der Waals surface area contributed by atoms with Crippen LogP contribution in [-0.4, -0.2) is 10.1 Å². The second-order valence-electron chi connectivity index (χ2n) is 3.57. The van der Waals surface area contributed by atoms with Crippen molar-refractivity contribution >= 4 is 0 Å². The lowest BCUT2D eigenvalue weighted by molar-refractivity contribution is 0.177. The maximum atomic E-state index is 9.91. The predicted molar refractivity (Wildman–Crippen MR) is 56.3 cm³/mol. The minimum atomic E-state index is -0.509. The summed E-state index contributed by atoms with van der Waals surface area (Å²) in [5.41, 5.74) is 1.89. The van der Waals surface area contributed by atoms with Crippen molar-refractivity contribution in [1.29, 1.82) is 0 Å². The Morgan fingerprint density at radius 3 is 2.73 bits per heavy atom. The molecule has 2 aromatic rings. The smallest absolute Gasteiger partial charge is 0.101 e. The summed E-state index contributed by atoms with van der Waals surface area (Å²) in [6, 6.07) is 5.65. The normalized spacial score (nSPS) is 12.7. The van der Waals surface area contributed by atoms with E-state index in [2.05, 4.69) is 4.98 Å². The van der Waals surface area contributed by atoms with E-state index in [1.807, 2.05) is 25.1 Å². The number of aliphatic hydroxyl groups excluding tert-OH is 1. The highest BCUT2D eigenvalue weighted by atomic mass is 16.3. The van der Waals surface area contributed by atoms with Crippen LogP contribution < -0.4 is 0 Å². The third-order valence-electron chi connectivity index (χ3n) is 2.31. The fourth-order valence-corrected chi connectivity index (χ4v) is 1.50. The van der Waals surface area contributed by atoms with E-state index >= 15 is 0 Å². The van der Waals surface area contributed by atoms with Crippen LogP contribution >= 0.6 is 0 Å². The van der Waals surface area contributed by atoms with Crippen molar-refractivity contribution in [3.05, 3.63) is 53.7 Å². The largest absolute Gasteiger partial charge is 0.469 e. The molecule has 0 aliphatic heterocycles. The van der Waals surface area contributed by atoms with Gasteiger partial charge in [0.15, 0.2) is 0 Å². The SMILES string of the molecule is Cc1cc(C(O)Cc2ccncc2)co1. The molecule has 2 aromatic heterocycles. The fourth-order valence-electron chi connectivity index (χ4n) is 1.50. The molecule has 1 atom stereocenters. The Kier molecular flexibility index (Phi) is 2.83. The number of aliphatic hydroxyl groups is 1. The average Bonchev–Trinajstić information content (AvgIpc) is 2.66.